The highest BCUT2D eigenvalue weighted by atomic mass is 16.5. The molecule has 0 amide bonds. The zero-order valence-corrected chi connectivity index (χ0v) is 10.7. The SMILES string of the molecule is O=C(OCc1ccccc1)C1CC2CCC1CC2. The molecule has 0 spiro atoms. The van der Waals surface area contributed by atoms with Gasteiger partial charge >= 0.3 is 5.97 Å². The van der Waals surface area contributed by atoms with Crippen LogP contribution in [0.15, 0.2) is 30.3 Å². The molecule has 0 aromatic heterocycles. The molecular formula is C16H20O2. The van der Waals surface area contributed by atoms with Crippen molar-refractivity contribution in [2.24, 2.45) is 17.8 Å². The number of ether oxygens (including phenoxy) is 1. The minimum Gasteiger partial charge on any atom is -0.461 e. The number of benzene rings is 1. The van der Waals surface area contributed by atoms with Gasteiger partial charge in [-0.25, -0.2) is 0 Å². The molecule has 1 atom stereocenters. The fourth-order valence-electron chi connectivity index (χ4n) is 3.50. The number of carbonyl (C=O) groups is 1. The van der Waals surface area contributed by atoms with Crippen molar-refractivity contribution in [1.82, 2.24) is 0 Å². The fourth-order valence-corrected chi connectivity index (χ4v) is 3.50. The highest BCUT2D eigenvalue weighted by Gasteiger charge is 2.40. The summed E-state index contributed by atoms with van der Waals surface area (Å²) in [6.07, 6.45) is 6.18. The Morgan fingerprint density at radius 1 is 1.11 bits per heavy atom. The lowest BCUT2D eigenvalue weighted by atomic mass is 9.65. The number of hydrogen-bond donors (Lipinski definition) is 0. The summed E-state index contributed by atoms with van der Waals surface area (Å²) in [6.45, 7) is 0.424. The van der Waals surface area contributed by atoms with Gasteiger partial charge < -0.3 is 4.74 Å². The molecule has 18 heavy (non-hydrogen) atoms. The van der Waals surface area contributed by atoms with Crippen molar-refractivity contribution in [3.8, 4) is 0 Å². The molecule has 3 aliphatic rings. The van der Waals surface area contributed by atoms with Gasteiger partial charge in [-0.2, -0.15) is 0 Å². The van der Waals surface area contributed by atoms with Crippen LogP contribution in [-0.4, -0.2) is 5.97 Å². The van der Waals surface area contributed by atoms with E-state index in [4.69, 9.17) is 4.74 Å². The molecule has 2 bridgehead atoms. The van der Waals surface area contributed by atoms with Crippen LogP contribution < -0.4 is 0 Å². The Hall–Kier alpha value is -1.31. The van der Waals surface area contributed by atoms with Crippen LogP contribution in [0.2, 0.25) is 0 Å². The second-order valence-corrected chi connectivity index (χ2v) is 5.72. The normalized spacial score (nSPS) is 30.1. The first-order valence-corrected chi connectivity index (χ1v) is 7.03. The molecule has 0 saturated heterocycles. The van der Waals surface area contributed by atoms with Gasteiger partial charge in [0.25, 0.3) is 0 Å². The van der Waals surface area contributed by atoms with E-state index in [-0.39, 0.29) is 11.9 Å². The topological polar surface area (TPSA) is 26.3 Å². The largest absolute Gasteiger partial charge is 0.461 e. The van der Waals surface area contributed by atoms with Gasteiger partial charge in [0.15, 0.2) is 0 Å². The molecule has 3 fully saturated rings. The molecule has 96 valence electrons. The van der Waals surface area contributed by atoms with Crippen LogP contribution >= 0.6 is 0 Å². The molecular weight excluding hydrogens is 224 g/mol. The molecule has 2 nitrogen and oxygen atoms in total. The summed E-state index contributed by atoms with van der Waals surface area (Å²) < 4.78 is 5.48. The van der Waals surface area contributed by atoms with Crippen LogP contribution in [-0.2, 0) is 16.1 Å². The maximum Gasteiger partial charge on any atom is 0.309 e. The fraction of sp³-hybridized carbons (Fsp3) is 0.562. The molecule has 3 saturated carbocycles. The Kier molecular flexibility index (Phi) is 3.35. The lowest BCUT2D eigenvalue weighted by molar-refractivity contribution is -0.155. The lowest BCUT2D eigenvalue weighted by Crippen LogP contribution is -2.36. The number of rotatable bonds is 3. The van der Waals surface area contributed by atoms with Gasteiger partial charge in [-0.15, -0.1) is 0 Å². The Morgan fingerprint density at radius 3 is 2.44 bits per heavy atom. The molecule has 0 radical (unpaired) electrons. The van der Waals surface area contributed by atoms with Gasteiger partial charge in [0.1, 0.15) is 6.61 Å². The number of esters is 1. The minimum absolute atomic E-state index is 0.0354. The average molecular weight is 244 g/mol. The molecule has 2 heteroatoms. The Bertz CT molecular complexity index is 404. The summed E-state index contributed by atoms with van der Waals surface area (Å²) in [6, 6.07) is 9.93. The van der Waals surface area contributed by atoms with Crippen molar-refractivity contribution in [3.05, 3.63) is 35.9 Å². The molecule has 0 N–H and O–H groups in total. The van der Waals surface area contributed by atoms with Crippen molar-refractivity contribution < 1.29 is 9.53 Å². The summed E-state index contributed by atoms with van der Waals surface area (Å²) in [7, 11) is 0. The van der Waals surface area contributed by atoms with E-state index in [0.29, 0.717) is 12.5 Å². The van der Waals surface area contributed by atoms with E-state index < -0.39 is 0 Å². The molecule has 1 unspecified atom stereocenters. The van der Waals surface area contributed by atoms with E-state index in [1.54, 1.807) is 0 Å². The first-order chi connectivity index (χ1) is 8.83. The second kappa shape index (κ2) is 5.13. The Labute approximate surface area is 108 Å². The number of hydrogen-bond acceptors (Lipinski definition) is 2. The van der Waals surface area contributed by atoms with Gasteiger partial charge in [-0.1, -0.05) is 43.2 Å². The molecule has 4 rings (SSSR count). The standard InChI is InChI=1S/C16H20O2/c17-16(18-11-13-4-2-1-3-5-13)15-10-12-6-8-14(15)9-7-12/h1-5,12,14-15H,6-11H2. The quantitative estimate of drug-likeness (QED) is 0.760. The van der Waals surface area contributed by atoms with Gasteiger partial charge in [-0.3, -0.25) is 4.79 Å². The van der Waals surface area contributed by atoms with Crippen molar-refractivity contribution in [1.29, 1.82) is 0 Å². The van der Waals surface area contributed by atoms with Crippen LogP contribution in [0.1, 0.15) is 37.7 Å². The summed E-state index contributed by atoms with van der Waals surface area (Å²) >= 11 is 0. The third kappa shape index (κ3) is 2.43. The van der Waals surface area contributed by atoms with Crippen LogP contribution in [0.3, 0.4) is 0 Å². The highest BCUT2D eigenvalue weighted by Crippen LogP contribution is 2.45. The predicted octanol–water partition coefficient (Wildman–Crippen LogP) is 3.56. The summed E-state index contributed by atoms with van der Waals surface area (Å²) in [5, 5.41) is 0. The first-order valence-electron chi connectivity index (χ1n) is 7.03. The molecule has 1 aromatic rings. The predicted molar refractivity (Wildman–Crippen MR) is 69.8 cm³/mol. The van der Waals surface area contributed by atoms with E-state index in [0.717, 1.165) is 17.9 Å². The first kappa shape index (κ1) is 11.8. The van der Waals surface area contributed by atoms with E-state index >= 15 is 0 Å². The maximum absolute atomic E-state index is 12.1. The van der Waals surface area contributed by atoms with Crippen molar-refractivity contribution in [3.63, 3.8) is 0 Å². The van der Waals surface area contributed by atoms with Gasteiger partial charge in [0, 0.05) is 0 Å². The van der Waals surface area contributed by atoms with E-state index in [9.17, 15) is 4.79 Å². The van der Waals surface area contributed by atoms with Crippen LogP contribution in [0, 0.1) is 17.8 Å². The van der Waals surface area contributed by atoms with Crippen molar-refractivity contribution in [2.45, 2.75) is 38.7 Å². The molecule has 0 heterocycles. The second-order valence-electron chi connectivity index (χ2n) is 5.72. The van der Waals surface area contributed by atoms with Crippen molar-refractivity contribution >= 4 is 5.97 Å². The van der Waals surface area contributed by atoms with Crippen LogP contribution in [0.25, 0.3) is 0 Å². The number of fused-ring (bicyclic) bond motifs is 3. The van der Waals surface area contributed by atoms with Crippen LogP contribution in [0.4, 0.5) is 0 Å². The Morgan fingerprint density at radius 2 is 1.83 bits per heavy atom. The molecule has 3 aliphatic carbocycles. The average Bonchev–Trinajstić information content (AvgIpc) is 2.47. The van der Waals surface area contributed by atoms with E-state index in [1.807, 2.05) is 30.3 Å². The van der Waals surface area contributed by atoms with Gasteiger partial charge in [0.05, 0.1) is 5.92 Å². The van der Waals surface area contributed by atoms with Crippen LogP contribution in [0.5, 0.6) is 0 Å². The monoisotopic (exact) mass is 244 g/mol. The van der Waals surface area contributed by atoms with E-state index in [2.05, 4.69) is 0 Å². The van der Waals surface area contributed by atoms with Crippen molar-refractivity contribution in [2.75, 3.05) is 0 Å². The van der Waals surface area contributed by atoms with E-state index in [1.165, 1.54) is 25.7 Å². The van der Waals surface area contributed by atoms with Gasteiger partial charge in [0.2, 0.25) is 0 Å². The van der Waals surface area contributed by atoms with Gasteiger partial charge in [-0.05, 0) is 36.7 Å². The molecule has 0 aliphatic heterocycles. The number of carbonyl (C=O) groups excluding carboxylic acids is 1. The summed E-state index contributed by atoms with van der Waals surface area (Å²) in [4.78, 5) is 12.1. The summed E-state index contributed by atoms with van der Waals surface area (Å²) in [5.41, 5.74) is 1.08. The highest BCUT2D eigenvalue weighted by molar-refractivity contribution is 5.73. The maximum atomic E-state index is 12.1. The third-order valence-electron chi connectivity index (χ3n) is 4.57. The zero-order valence-electron chi connectivity index (χ0n) is 10.7. The smallest absolute Gasteiger partial charge is 0.309 e. The molecule has 1 aromatic carbocycles. The third-order valence-corrected chi connectivity index (χ3v) is 4.57. The summed E-state index contributed by atoms with van der Waals surface area (Å²) in [5.74, 6) is 1.59. The lowest BCUT2D eigenvalue weighted by Gasteiger charge is -2.40. The Balaban J connectivity index is 1.56. The zero-order chi connectivity index (χ0) is 12.4. The minimum atomic E-state index is 0.0354.